The van der Waals surface area contributed by atoms with E-state index in [0.717, 1.165) is 0 Å². The molecular formula is C16H16ClN3O5S. The van der Waals surface area contributed by atoms with Gasteiger partial charge in [0, 0.05) is 12.7 Å². The fourth-order valence-corrected chi connectivity index (χ4v) is 2.98. The second-order valence-corrected chi connectivity index (χ2v) is 7.23. The molecule has 1 aromatic heterocycles. The van der Waals surface area contributed by atoms with Gasteiger partial charge >= 0.3 is 5.97 Å². The zero-order chi connectivity index (χ0) is 19.0. The van der Waals surface area contributed by atoms with E-state index in [0.29, 0.717) is 5.02 Å². The predicted molar refractivity (Wildman–Crippen MR) is 95.1 cm³/mol. The van der Waals surface area contributed by atoms with E-state index in [2.05, 4.69) is 15.0 Å². The topological polar surface area (TPSA) is 114 Å². The molecule has 0 spiro atoms. The molecule has 0 aliphatic carbocycles. The Morgan fingerprint density at radius 1 is 1.12 bits per heavy atom. The fraction of sp³-hybridized carbons (Fsp3) is 0.188. The highest BCUT2D eigenvalue weighted by Gasteiger charge is 2.14. The van der Waals surface area contributed by atoms with Gasteiger partial charge in [0.1, 0.15) is 5.82 Å². The lowest BCUT2D eigenvalue weighted by atomic mass is 10.4. The van der Waals surface area contributed by atoms with Gasteiger partial charge in [0.2, 0.25) is 10.0 Å². The summed E-state index contributed by atoms with van der Waals surface area (Å²) >= 11 is 5.68. The number of nitrogens with zero attached hydrogens (tertiary/aromatic N) is 1. The number of anilines is 1. The summed E-state index contributed by atoms with van der Waals surface area (Å²) in [7, 11) is -3.69. The first-order chi connectivity index (χ1) is 12.4. The van der Waals surface area contributed by atoms with Crippen LogP contribution in [0.2, 0.25) is 5.02 Å². The minimum Gasteiger partial charge on any atom is -0.456 e. The van der Waals surface area contributed by atoms with Crippen LogP contribution >= 0.6 is 11.6 Å². The van der Waals surface area contributed by atoms with E-state index >= 15 is 0 Å². The molecule has 0 bridgehead atoms. The summed E-state index contributed by atoms with van der Waals surface area (Å²) in [6, 6.07) is 10.8. The van der Waals surface area contributed by atoms with Gasteiger partial charge in [-0.3, -0.25) is 9.59 Å². The highest BCUT2D eigenvalue weighted by atomic mass is 35.5. The SMILES string of the molecule is O=C(COC(=O)CCNS(=O)(=O)c1ccccc1)Nc1ccc(Cl)cn1. The van der Waals surface area contributed by atoms with E-state index < -0.39 is 28.5 Å². The van der Waals surface area contributed by atoms with Crippen molar-refractivity contribution in [2.24, 2.45) is 0 Å². The molecule has 0 radical (unpaired) electrons. The molecule has 0 aliphatic heterocycles. The number of esters is 1. The molecule has 0 unspecified atom stereocenters. The Kier molecular flexibility index (Phi) is 7.07. The van der Waals surface area contributed by atoms with Crippen molar-refractivity contribution in [2.45, 2.75) is 11.3 Å². The number of aromatic nitrogens is 1. The first-order valence-corrected chi connectivity index (χ1v) is 9.35. The number of ether oxygens (including phenoxy) is 1. The predicted octanol–water partition coefficient (Wildman–Crippen LogP) is 1.59. The second-order valence-electron chi connectivity index (χ2n) is 5.03. The first-order valence-electron chi connectivity index (χ1n) is 7.48. The summed E-state index contributed by atoms with van der Waals surface area (Å²) in [5.74, 6) is -1.01. The van der Waals surface area contributed by atoms with Gasteiger partial charge in [-0.25, -0.2) is 18.1 Å². The molecule has 26 heavy (non-hydrogen) atoms. The number of nitrogens with one attached hydrogen (secondary N) is 2. The van der Waals surface area contributed by atoms with Crippen LogP contribution < -0.4 is 10.0 Å². The molecule has 2 N–H and O–H groups in total. The molecule has 1 amide bonds. The molecule has 10 heteroatoms. The Labute approximate surface area is 155 Å². The molecule has 2 aromatic rings. The number of amides is 1. The number of rotatable bonds is 8. The van der Waals surface area contributed by atoms with E-state index in [1.807, 2.05) is 0 Å². The summed E-state index contributed by atoms with van der Waals surface area (Å²) in [5.41, 5.74) is 0. The van der Waals surface area contributed by atoms with Crippen molar-refractivity contribution in [3.05, 3.63) is 53.7 Å². The number of hydrogen-bond donors (Lipinski definition) is 2. The molecule has 1 aromatic carbocycles. The van der Waals surface area contributed by atoms with Crippen LogP contribution in [0.4, 0.5) is 5.82 Å². The summed E-state index contributed by atoms with van der Waals surface area (Å²) in [5, 5.41) is 2.85. The summed E-state index contributed by atoms with van der Waals surface area (Å²) in [6.07, 6.45) is 1.15. The zero-order valence-electron chi connectivity index (χ0n) is 13.5. The van der Waals surface area contributed by atoms with Gasteiger partial charge in [-0.05, 0) is 24.3 Å². The number of carbonyl (C=O) groups excluding carboxylic acids is 2. The summed E-state index contributed by atoms with van der Waals surface area (Å²) < 4.78 is 31.0. The van der Waals surface area contributed by atoms with Crippen LogP contribution in [0.1, 0.15) is 6.42 Å². The number of pyridine rings is 1. The van der Waals surface area contributed by atoms with Crippen LogP contribution in [0, 0.1) is 0 Å². The van der Waals surface area contributed by atoms with Gasteiger partial charge in [0.05, 0.1) is 16.3 Å². The Bertz CT molecular complexity index is 857. The maximum Gasteiger partial charge on any atom is 0.307 e. The normalized spacial score (nSPS) is 11.0. The zero-order valence-corrected chi connectivity index (χ0v) is 15.1. The monoisotopic (exact) mass is 397 g/mol. The van der Waals surface area contributed by atoms with Crippen LogP contribution in [0.25, 0.3) is 0 Å². The van der Waals surface area contributed by atoms with Gasteiger partial charge in [0.15, 0.2) is 6.61 Å². The Morgan fingerprint density at radius 2 is 1.85 bits per heavy atom. The lowest BCUT2D eigenvalue weighted by Crippen LogP contribution is -2.28. The molecular weight excluding hydrogens is 382 g/mol. The molecule has 0 saturated carbocycles. The van der Waals surface area contributed by atoms with E-state index in [9.17, 15) is 18.0 Å². The van der Waals surface area contributed by atoms with Crippen molar-refractivity contribution in [2.75, 3.05) is 18.5 Å². The Morgan fingerprint density at radius 3 is 2.50 bits per heavy atom. The third kappa shape index (κ3) is 6.43. The lowest BCUT2D eigenvalue weighted by Gasteiger charge is -2.07. The minimum atomic E-state index is -3.69. The molecule has 2 rings (SSSR count). The number of sulfonamides is 1. The number of halogens is 1. The molecule has 0 aliphatic rings. The Balaban J connectivity index is 1.70. The van der Waals surface area contributed by atoms with Crippen LogP contribution in [0.5, 0.6) is 0 Å². The van der Waals surface area contributed by atoms with Gasteiger partial charge < -0.3 is 10.1 Å². The van der Waals surface area contributed by atoms with Crippen molar-refractivity contribution in [3.63, 3.8) is 0 Å². The minimum absolute atomic E-state index is 0.100. The highest BCUT2D eigenvalue weighted by Crippen LogP contribution is 2.09. The molecule has 138 valence electrons. The summed E-state index contributed by atoms with van der Waals surface area (Å²) in [4.78, 5) is 27.2. The maximum atomic E-state index is 12.0. The fourth-order valence-electron chi connectivity index (χ4n) is 1.82. The van der Waals surface area contributed by atoms with Crippen molar-refractivity contribution >= 4 is 39.3 Å². The lowest BCUT2D eigenvalue weighted by molar-refractivity contribution is -0.147. The molecule has 1 heterocycles. The van der Waals surface area contributed by atoms with E-state index in [4.69, 9.17) is 16.3 Å². The number of carbonyl (C=O) groups is 2. The van der Waals surface area contributed by atoms with Gasteiger partial charge in [-0.2, -0.15) is 0 Å². The third-order valence-corrected chi connectivity index (χ3v) is 4.73. The Hall–Kier alpha value is -2.49. The van der Waals surface area contributed by atoms with E-state index in [-0.39, 0.29) is 23.7 Å². The largest absolute Gasteiger partial charge is 0.456 e. The van der Waals surface area contributed by atoms with Crippen LogP contribution in [0.3, 0.4) is 0 Å². The number of hydrogen-bond acceptors (Lipinski definition) is 6. The van der Waals surface area contributed by atoms with Crippen molar-refractivity contribution in [1.29, 1.82) is 0 Å². The average Bonchev–Trinajstić information content (AvgIpc) is 2.62. The standard InChI is InChI=1S/C16H16ClN3O5S/c17-12-6-7-14(18-10-12)20-15(21)11-25-16(22)8-9-19-26(23,24)13-4-2-1-3-5-13/h1-7,10,19H,8-9,11H2,(H,18,20,21). The van der Waals surface area contributed by atoms with E-state index in [1.54, 1.807) is 24.3 Å². The van der Waals surface area contributed by atoms with Gasteiger partial charge in [-0.1, -0.05) is 29.8 Å². The van der Waals surface area contributed by atoms with Crippen LogP contribution in [-0.2, 0) is 24.3 Å². The average molecular weight is 398 g/mol. The smallest absolute Gasteiger partial charge is 0.307 e. The van der Waals surface area contributed by atoms with Gasteiger partial charge in [-0.15, -0.1) is 0 Å². The van der Waals surface area contributed by atoms with Crippen molar-refractivity contribution in [1.82, 2.24) is 9.71 Å². The van der Waals surface area contributed by atoms with Crippen molar-refractivity contribution in [3.8, 4) is 0 Å². The molecule has 0 fully saturated rings. The second kappa shape index (κ2) is 9.27. The highest BCUT2D eigenvalue weighted by molar-refractivity contribution is 7.89. The maximum absolute atomic E-state index is 12.0. The number of benzene rings is 1. The molecule has 0 atom stereocenters. The van der Waals surface area contributed by atoms with Crippen molar-refractivity contribution < 1.29 is 22.7 Å². The van der Waals surface area contributed by atoms with Gasteiger partial charge in [0.25, 0.3) is 5.91 Å². The first kappa shape index (κ1) is 19.8. The summed E-state index contributed by atoms with van der Waals surface area (Å²) in [6.45, 7) is -0.648. The molecule has 8 nitrogen and oxygen atoms in total. The molecule has 0 saturated heterocycles. The third-order valence-electron chi connectivity index (χ3n) is 3.03. The van der Waals surface area contributed by atoms with Crippen LogP contribution in [-0.4, -0.2) is 38.4 Å². The quantitative estimate of drug-likeness (QED) is 0.653. The van der Waals surface area contributed by atoms with Crippen LogP contribution in [0.15, 0.2) is 53.6 Å². The van der Waals surface area contributed by atoms with E-state index in [1.165, 1.54) is 24.4 Å².